The van der Waals surface area contributed by atoms with Gasteiger partial charge >= 0.3 is 6.09 Å². The Bertz CT molecular complexity index is 1070. The molecule has 0 radical (unpaired) electrons. The van der Waals surface area contributed by atoms with Gasteiger partial charge in [0.25, 0.3) is 5.91 Å². The fourth-order valence-electron chi connectivity index (χ4n) is 4.13. The van der Waals surface area contributed by atoms with E-state index in [1.807, 2.05) is 19.1 Å². The molecular weight excluding hydrogens is 424 g/mol. The summed E-state index contributed by atoms with van der Waals surface area (Å²) in [5.41, 5.74) is 2.82. The minimum atomic E-state index is -1.14. The number of carbonyl (C=O) groups is 3. The van der Waals surface area contributed by atoms with Crippen LogP contribution >= 0.6 is 0 Å². The lowest BCUT2D eigenvalue weighted by Crippen LogP contribution is -2.52. The number of nitrogens with zero attached hydrogens (tertiary/aromatic N) is 2. The fourth-order valence-corrected chi connectivity index (χ4v) is 4.13. The topological polar surface area (TPSA) is 118 Å². The summed E-state index contributed by atoms with van der Waals surface area (Å²) in [5, 5.41) is 5.09. The summed E-state index contributed by atoms with van der Waals surface area (Å²) in [6.07, 6.45) is 2.11. The first-order valence-corrected chi connectivity index (χ1v) is 11.3. The van der Waals surface area contributed by atoms with E-state index in [4.69, 9.17) is 9.47 Å². The van der Waals surface area contributed by atoms with Gasteiger partial charge in [-0.15, -0.1) is 0 Å². The number of nitrogens with one attached hydrogen (secondary N) is 2. The monoisotopic (exact) mass is 454 g/mol. The van der Waals surface area contributed by atoms with Gasteiger partial charge in [-0.05, 0) is 52.5 Å². The summed E-state index contributed by atoms with van der Waals surface area (Å²) in [5.74, 6) is -0.215. The van der Waals surface area contributed by atoms with Crippen LogP contribution in [0.2, 0.25) is 0 Å². The smallest absolute Gasteiger partial charge is 0.408 e. The average molecular weight is 455 g/mol. The SMILES string of the molecule is CCC(NC(=O)OC(C)(C)C)C(=O)NC1N=CC(c2ccc(C)c3c2C2(CC2)CO3)=NC1=O. The van der Waals surface area contributed by atoms with Gasteiger partial charge < -0.3 is 20.1 Å². The normalized spacial score (nSPS) is 21.1. The Hall–Kier alpha value is -3.23. The first kappa shape index (κ1) is 22.9. The Kier molecular flexibility index (Phi) is 5.76. The van der Waals surface area contributed by atoms with E-state index in [0.717, 1.165) is 35.3 Å². The minimum Gasteiger partial charge on any atom is -0.492 e. The molecule has 4 rings (SSSR count). The second kappa shape index (κ2) is 8.28. The van der Waals surface area contributed by atoms with Gasteiger partial charge in [0.05, 0.1) is 18.5 Å². The molecule has 176 valence electrons. The van der Waals surface area contributed by atoms with Crippen LogP contribution in [0.4, 0.5) is 4.79 Å². The van der Waals surface area contributed by atoms with E-state index < -0.39 is 35.7 Å². The highest BCUT2D eigenvalue weighted by atomic mass is 16.6. The number of aliphatic imine (C=N–C) groups is 2. The molecule has 2 atom stereocenters. The molecule has 9 heteroatoms. The van der Waals surface area contributed by atoms with Crippen LogP contribution in [0.25, 0.3) is 0 Å². The van der Waals surface area contributed by atoms with Crippen LogP contribution in [0.3, 0.4) is 0 Å². The number of amides is 3. The number of hydrogen-bond donors (Lipinski definition) is 2. The van der Waals surface area contributed by atoms with Gasteiger partial charge in [-0.25, -0.2) is 9.79 Å². The number of benzene rings is 1. The van der Waals surface area contributed by atoms with E-state index >= 15 is 0 Å². The number of ether oxygens (including phenoxy) is 2. The fraction of sp³-hybridized carbons (Fsp3) is 0.542. The summed E-state index contributed by atoms with van der Waals surface area (Å²) in [7, 11) is 0. The van der Waals surface area contributed by atoms with Gasteiger partial charge in [-0.3, -0.25) is 14.6 Å². The van der Waals surface area contributed by atoms with Crippen molar-refractivity contribution in [1.29, 1.82) is 0 Å². The number of alkyl carbamates (subject to hydrolysis) is 1. The van der Waals surface area contributed by atoms with Crippen molar-refractivity contribution >= 4 is 29.8 Å². The Balaban J connectivity index is 1.45. The van der Waals surface area contributed by atoms with Crippen molar-refractivity contribution < 1.29 is 23.9 Å². The Morgan fingerprint density at radius 1 is 1.30 bits per heavy atom. The number of fused-ring (bicyclic) bond motifs is 2. The van der Waals surface area contributed by atoms with Crippen LogP contribution < -0.4 is 15.4 Å². The maximum atomic E-state index is 12.7. The first-order valence-electron chi connectivity index (χ1n) is 11.3. The lowest BCUT2D eigenvalue weighted by Gasteiger charge is -2.24. The van der Waals surface area contributed by atoms with Gasteiger partial charge in [0, 0.05) is 16.5 Å². The Morgan fingerprint density at radius 3 is 2.64 bits per heavy atom. The molecule has 0 saturated heterocycles. The second-order valence-corrected chi connectivity index (χ2v) is 9.83. The van der Waals surface area contributed by atoms with E-state index in [0.29, 0.717) is 18.7 Å². The van der Waals surface area contributed by atoms with Crippen molar-refractivity contribution in [3.05, 3.63) is 28.8 Å². The summed E-state index contributed by atoms with van der Waals surface area (Å²) in [4.78, 5) is 45.9. The number of hydrogen-bond acceptors (Lipinski definition) is 6. The van der Waals surface area contributed by atoms with Crippen LogP contribution in [0.1, 0.15) is 63.6 Å². The van der Waals surface area contributed by atoms with Crippen molar-refractivity contribution in [2.24, 2.45) is 9.98 Å². The van der Waals surface area contributed by atoms with Crippen LogP contribution in [0.5, 0.6) is 5.75 Å². The van der Waals surface area contributed by atoms with Gasteiger partial charge in [0.15, 0.2) is 0 Å². The maximum Gasteiger partial charge on any atom is 0.408 e. The molecule has 2 unspecified atom stereocenters. The largest absolute Gasteiger partial charge is 0.492 e. The molecule has 3 aliphatic rings. The predicted molar refractivity (Wildman–Crippen MR) is 123 cm³/mol. The van der Waals surface area contributed by atoms with Crippen molar-refractivity contribution in [2.45, 2.75) is 77.1 Å². The van der Waals surface area contributed by atoms with Crippen molar-refractivity contribution in [1.82, 2.24) is 10.6 Å². The third-order valence-corrected chi connectivity index (χ3v) is 6.01. The van der Waals surface area contributed by atoms with E-state index in [-0.39, 0.29) is 5.41 Å². The molecule has 1 fully saturated rings. The number of carbonyl (C=O) groups excluding carboxylic acids is 3. The molecule has 0 aromatic heterocycles. The van der Waals surface area contributed by atoms with E-state index in [1.54, 1.807) is 27.7 Å². The zero-order chi connectivity index (χ0) is 24.0. The van der Waals surface area contributed by atoms with Gasteiger partial charge in [0.2, 0.25) is 12.1 Å². The maximum absolute atomic E-state index is 12.7. The molecule has 33 heavy (non-hydrogen) atoms. The molecule has 3 amide bonds. The molecule has 0 bridgehead atoms. The van der Waals surface area contributed by atoms with Crippen LogP contribution in [-0.4, -0.2) is 54.2 Å². The molecule has 2 N–H and O–H groups in total. The van der Waals surface area contributed by atoms with Crippen LogP contribution in [-0.2, 0) is 19.7 Å². The molecule has 9 nitrogen and oxygen atoms in total. The lowest BCUT2D eigenvalue weighted by atomic mass is 9.89. The summed E-state index contributed by atoms with van der Waals surface area (Å²) in [6, 6.07) is 3.05. The summed E-state index contributed by atoms with van der Waals surface area (Å²) < 4.78 is 11.2. The van der Waals surface area contributed by atoms with Gasteiger partial charge in [0.1, 0.15) is 17.4 Å². The average Bonchev–Trinajstić information content (AvgIpc) is 3.41. The molecular formula is C24H30N4O5. The quantitative estimate of drug-likeness (QED) is 0.709. The third-order valence-electron chi connectivity index (χ3n) is 6.01. The van der Waals surface area contributed by atoms with Crippen LogP contribution in [0.15, 0.2) is 22.1 Å². The summed E-state index contributed by atoms with van der Waals surface area (Å²) >= 11 is 0. The molecule has 1 aromatic carbocycles. The van der Waals surface area contributed by atoms with Crippen molar-refractivity contribution in [3.8, 4) is 5.75 Å². The van der Waals surface area contributed by atoms with E-state index in [2.05, 4.69) is 20.6 Å². The lowest BCUT2D eigenvalue weighted by molar-refractivity contribution is -0.128. The molecule has 2 heterocycles. The van der Waals surface area contributed by atoms with E-state index in [1.165, 1.54) is 6.21 Å². The third kappa shape index (κ3) is 4.62. The highest BCUT2D eigenvalue weighted by Crippen LogP contribution is 2.57. The van der Waals surface area contributed by atoms with Crippen LogP contribution in [0, 0.1) is 6.92 Å². The van der Waals surface area contributed by atoms with Gasteiger partial charge in [-0.1, -0.05) is 19.1 Å². The number of rotatable bonds is 5. The van der Waals surface area contributed by atoms with E-state index in [9.17, 15) is 14.4 Å². The zero-order valence-corrected chi connectivity index (χ0v) is 19.7. The van der Waals surface area contributed by atoms with Crippen molar-refractivity contribution in [3.63, 3.8) is 0 Å². The highest BCUT2D eigenvalue weighted by molar-refractivity contribution is 6.42. The van der Waals surface area contributed by atoms with Gasteiger partial charge in [-0.2, -0.15) is 0 Å². The second-order valence-electron chi connectivity index (χ2n) is 9.83. The zero-order valence-electron chi connectivity index (χ0n) is 19.7. The molecule has 2 aliphatic heterocycles. The Morgan fingerprint density at radius 2 is 2.03 bits per heavy atom. The minimum absolute atomic E-state index is 0.0167. The first-order chi connectivity index (χ1) is 15.5. The molecule has 1 spiro atoms. The highest BCUT2D eigenvalue weighted by Gasteiger charge is 2.52. The number of aryl methyl sites for hydroxylation is 1. The van der Waals surface area contributed by atoms with Crippen molar-refractivity contribution in [2.75, 3.05) is 6.61 Å². The predicted octanol–water partition coefficient (Wildman–Crippen LogP) is 2.56. The molecule has 1 saturated carbocycles. The molecule has 1 aliphatic carbocycles. The Labute approximate surface area is 193 Å². The molecule has 1 aromatic rings. The standard InChI is InChI=1S/C24H30N4O5/c1-6-15(27-22(31)33-23(3,4)5)20(29)28-19-21(30)26-16(11-25-19)14-8-7-13(2)18-17(14)24(9-10-24)12-32-18/h7-8,11,15,19H,6,9-10,12H2,1-5H3,(H,27,31)(H,28,29). The summed E-state index contributed by atoms with van der Waals surface area (Å²) in [6.45, 7) is 9.61.